The lowest BCUT2D eigenvalue weighted by Gasteiger charge is -2.31. The fourth-order valence-corrected chi connectivity index (χ4v) is 9.03. The molecule has 0 N–H and O–H groups in total. The number of carbonyl (C=O) groups excluding carboxylic acids is 1. The van der Waals surface area contributed by atoms with Gasteiger partial charge in [0.15, 0.2) is 5.78 Å². The second kappa shape index (κ2) is 12.9. The van der Waals surface area contributed by atoms with Gasteiger partial charge in [0, 0.05) is 37.3 Å². The molecule has 7 nitrogen and oxygen atoms in total. The van der Waals surface area contributed by atoms with E-state index in [-0.39, 0.29) is 30.1 Å². The van der Waals surface area contributed by atoms with Crippen molar-refractivity contribution in [3.8, 4) is 0 Å². The smallest absolute Gasteiger partial charge is 0.303 e. The van der Waals surface area contributed by atoms with E-state index in [1.165, 1.54) is 0 Å². The fraction of sp³-hybridized carbons (Fsp3) is 0.480. The molecule has 0 aliphatic heterocycles. The van der Waals surface area contributed by atoms with Crippen LogP contribution in [-0.4, -0.2) is 54.5 Å². The van der Waals surface area contributed by atoms with Crippen molar-refractivity contribution < 1.29 is 23.0 Å². The third-order valence-electron chi connectivity index (χ3n) is 5.72. The second-order valence-corrected chi connectivity index (χ2v) is 12.2. The number of hydrogen-bond acceptors (Lipinski definition) is 5. The molecule has 0 heterocycles. The summed E-state index contributed by atoms with van der Waals surface area (Å²) in [5.74, 6) is -0.356. The van der Waals surface area contributed by atoms with Gasteiger partial charge in [0.1, 0.15) is 0 Å². The van der Waals surface area contributed by atoms with Gasteiger partial charge in [0.25, 0.3) is 0 Å². The van der Waals surface area contributed by atoms with Gasteiger partial charge >= 0.3 is 15.0 Å². The number of ketones is 1. The van der Waals surface area contributed by atoms with E-state index in [0.29, 0.717) is 36.8 Å². The van der Waals surface area contributed by atoms with Gasteiger partial charge in [0.05, 0.1) is 23.8 Å². The lowest BCUT2D eigenvalue weighted by Crippen LogP contribution is -2.33. The minimum atomic E-state index is -3.49. The fourth-order valence-electron chi connectivity index (χ4n) is 4.12. The normalized spacial score (nSPS) is 15.3. The van der Waals surface area contributed by atoms with Gasteiger partial charge in [-0.25, -0.2) is 9.34 Å². The van der Waals surface area contributed by atoms with E-state index < -0.39 is 15.0 Å². The molecule has 0 amide bonds. The van der Waals surface area contributed by atoms with Crippen LogP contribution < -0.4 is 10.6 Å². The van der Waals surface area contributed by atoms with E-state index in [9.17, 15) is 13.9 Å². The van der Waals surface area contributed by atoms with Crippen molar-refractivity contribution in [1.29, 1.82) is 0 Å². The minimum Gasteiger partial charge on any atom is -0.314 e. The van der Waals surface area contributed by atoms with Crippen LogP contribution in [0.3, 0.4) is 0 Å². The Morgan fingerprint density at radius 3 is 1.26 bits per heavy atom. The van der Waals surface area contributed by atoms with Crippen molar-refractivity contribution in [1.82, 2.24) is 9.34 Å². The van der Waals surface area contributed by atoms with Crippen LogP contribution in [0.1, 0.15) is 57.5 Å². The van der Waals surface area contributed by atoms with Crippen molar-refractivity contribution in [2.75, 3.05) is 39.4 Å². The largest absolute Gasteiger partial charge is 0.314 e. The van der Waals surface area contributed by atoms with Crippen molar-refractivity contribution in [2.45, 2.75) is 41.5 Å². The molecule has 188 valence electrons. The van der Waals surface area contributed by atoms with Crippen LogP contribution in [0.2, 0.25) is 0 Å². The van der Waals surface area contributed by atoms with Crippen molar-refractivity contribution >= 4 is 31.4 Å². The average Bonchev–Trinajstić information content (AvgIpc) is 2.85. The number of rotatable bonds is 14. The molecule has 0 aliphatic rings. The molecule has 34 heavy (non-hydrogen) atoms. The van der Waals surface area contributed by atoms with Gasteiger partial charge in [-0.3, -0.25) is 13.9 Å². The number of nitrogens with zero attached hydrogens (tertiary/aromatic N) is 2. The molecule has 2 rings (SSSR count). The number of benzene rings is 2. The monoisotopic (exact) mass is 508 g/mol. The standard InChI is InChI=1S/C25H38N2O5P2/c1-7-26(8-2)33(29,31-11-5)23-19-15-13-17-21(23)25(28)22-18-14-16-20-24(22)34(30,32-12-6)27(9-3)10-4/h13-20H,7-12H2,1-6H3. The summed E-state index contributed by atoms with van der Waals surface area (Å²) in [6.45, 7) is 13.8. The Morgan fingerprint density at radius 2 is 0.971 bits per heavy atom. The minimum absolute atomic E-state index is 0.244. The zero-order valence-electron chi connectivity index (χ0n) is 21.2. The molecule has 0 saturated heterocycles. The van der Waals surface area contributed by atoms with Gasteiger partial charge < -0.3 is 9.05 Å². The first-order valence-corrected chi connectivity index (χ1v) is 15.2. The van der Waals surface area contributed by atoms with Crippen molar-refractivity contribution in [2.24, 2.45) is 0 Å². The van der Waals surface area contributed by atoms with Gasteiger partial charge in [-0.2, -0.15) is 0 Å². The Labute approximate surface area is 204 Å². The van der Waals surface area contributed by atoms with Crippen molar-refractivity contribution in [3.63, 3.8) is 0 Å². The third kappa shape index (κ3) is 5.62. The van der Waals surface area contributed by atoms with Crippen LogP contribution in [0.4, 0.5) is 0 Å². The molecule has 2 aromatic carbocycles. The highest BCUT2D eigenvalue weighted by Gasteiger charge is 2.39. The van der Waals surface area contributed by atoms with E-state index in [1.807, 2.05) is 27.7 Å². The van der Waals surface area contributed by atoms with Crippen LogP contribution in [0.5, 0.6) is 0 Å². The number of hydrogen-bond donors (Lipinski definition) is 0. The molecule has 9 heteroatoms. The Morgan fingerprint density at radius 1 is 0.647 bits per heavy atom. The summed E-state index contributed by atoms with van der Waals surface area (Å²) in [4.78, 5) is 14.0. The van der Waals surface area contributed by atoms with E-state index in [1.54, 1.807) is 71.7 Å². The Hall–Kier alpha value is -1.59. The lowest BCUT2D eigenvalue weighted by molar-refractivity contribution is 0.104. The average molecular weight is 509 g/mol. The maximum absolute atomic E-state index is 14.2. The van der Waals surface area contributed by atoms with Crippen LogP contribution in [-0.2, 0) is 18.2 Å². The maximum atomic E-state index is 14.2. The Bertz CT molecular complexity index is 970. The molecule has 0 fully saturated rings. The van der Waals surface area contributed by atoms with Gasteiger partial charge in [-0.1, -0.05) is 64.1 Å². The summed E-state index contributed by atoms with van der Waals surface area (Å²) in [6, 6.07) is 13.7. The molecule has 0 bridgehead atoms. The van der Waals surface area contributed by atoms with Crippen LogP contribution in [0, 0.1) is 0 Å². The first kappa shape index (κ1) is 28.6. The van der Waals surface area contributed by atoms with Crippen LogP contribution in [0.15, 0.2) is 48.5 Å². The molecule has 0 spiro atoms. The van der Waals surface area contributed by atoms with E-state index in [4.69, 9.17) is 9.05 Å². The summed E-state index contributed by atoms with van der Waals surface area (Å²) >= 11 is 0. The Kier molecular flexibility index (Phi) is 10.9. The van der Waals surface area contributed by atoms with Crippen LogP contribution in [0.25, 0.3) is 0 Å². The quantitative estimate of drug-likeness (QED) is 0.253. The summed E-state index contributed by atoms with van der Waals surface area (Å²) in [5.41, 5.74) is 0.558. The Balaban J connectivity index is 2.75. The number of carbonyl (C=O) groups is 1. The summed E-state index contributed by atoms with van der Waals surface area (Å²) in [7, 11) is -6.98. The van der Waals surface area contributed by atoms with Crippen LogP contribution >= 0.6 is 15.0 Å². The van der Waals surface area contributed by atoms with Gasteiger partial charge in [0.2, 0.25) is 0 Å². The zero-order valence-corrected chi connectivity index (χ0v) is 23.0. The summed E-state index contributed by atoms with van der Waals surface area (Å²) < 4.78 is 43.6. The first-order valence-electron chi connectivity index (χ1n) is 12.0. The van der Waals surface area contributed by atoms with E-state index in [0.717, 1.165) is 0 Å². The molecule has 0 aromatic heterocycles. The van der Waals surface area contributed by atoms with Gasteiger partial charge in [-0.05, 0) is 26.0 Å². The van der Waals surface area contributed by atoms with Gasteiger partial charge in [-0.15, -0.1) is 0 Å². The third-order valence-corrected chi connectivity index (χ3v) is 11.6. The predicted octanol–water partition coefficient (Wildman–Crippen LogP) is 5.31. The highest BCUT2D eigenvalue weighted by atomic mass is 31.2. The second-order valence-electron chi connectivity index (χ2n) is 7.52. The van der Waals surface area contributed by atoms with E-state index in [2.05, 4.69) is 0 Å². The topological polar surface area (TPSA) is 76.1 Å². The molecular weight excluding hydrogens is 470 g/mol. The van der Waals surface area contributed by atoms with Crippen molar-refractivity contribution in [3.05, 3.63) is 59.7 Å². The highest BCUT2D eigenvalue weighted by molar-refractivity contribution is 7.65. The molecule has 0 saturated carbocycles. The SMILES string of the molecule is CCOP(=O)(c1ccccc1C(=O)c1ccccc1P(=O)(OCC)N(CC)CC)N(CC)CC. The summed E-state index contributed by atoms with van der Waals surface area (Å²) in [6.07, 6.45) is 0. The zero-order chi connectivity index (χ0) is 25.4. The predicted molar refractivity (Wildman–Crippen MR) is 140 cm³/mol. The first-order chi connectivity index (χ1) is 16.3. The molecule has 0 aliphatic carbocycles. The molecule has 2 atom stereocenters. The molecule has 2 unspecified atom stereocenters. The lowest BCUT2D eigenvalue weighted by atomic mass is 10.0. The summed E-state index contributed by atoms with van der Waals surface area (Å²) in [5, 5.41) is 0.712. The molecule has 0 radical (unpaired) electrons. The molecule has 2 aromatic rings. The molecular formula is C25H38N2O5P2. The maximum Gasteiger partial charge on any atom is 0.303 e. The highest BCUT2D eigenvalue weighted by Crippen LogP contribution is 2.52. The van der Waals surface area contributed by atoms with E-state index >= 15 is 0 Å².